The number of aromatic nitrogens is 1. The van der Waals surface area contributed by atoms with E-state index in [4.69, 9.17) is 9.72 Å². The SMILES string of the molecule is CCN1CCC(O)(c2csc(CN3CCCC3COC)n2)CC1. The number of piperidine rings is 1. The number of hydrogen-bond acceptors (Lipinski definition) is 6. The van der Waals surface area contributed by atoms with Crippen LogP contribution in [0, 0.1) is 0 Å². The van der Waals surface area contributed by atoms with E-state index in [0.717, 1.165) is 62.9 Å². The first kappa shape index (κ1) is 17.3. The average molecular weight is 340 g/mol. The summed E-state index contributed by atoms with van der Waals surface area (Å²) >= 11 is 1.69. The largest absolute Gasteiger partial charge is 0.383 e. The van der Waals surface area contributed by atoms with Crippen LogP contribution in [0.1, 0.15) is 43.3 Å². The molecule has 1 aromatic heterocycles. The van der Waals surface area contributed by atoms with Crippen molar-refractivity contribution >= 4 is 11.3 Å². The van der Waals surface area contributed by atoms with Crippen LogP contribution in [0.15, 0.2) is 5.38 Å². The van der Waals surface area contributed by atoms with E-state index in [9.17, 15) is 5.11 Å². The van der Waals surface area contributed by atoms with Crippen molar-refractivity contribution in [3.05, 3.63) is 16.1 Å². The van der Waals surface area contributed by atoms with E-state index in [1.165, 1.54) is 12.8 Å². The number of ether oxygens (including phenoxy) is 1. The van der Waals surface area contributed by atoms with Gasteiger partial charge in [-0.2, -0.15) is 0 Å². The third kappa shape index (κ3) is 3.94. The van der Waals surface area contributed by atoms with Crippen LogP contribution in [0.4, 0.5) is 0 Å². The molecule has 1 aromatic rings. The summed E-state index contributed by atoms with van der Waals surface area (Å²) in [7, 11) is 1.77. The Morgan fingerprint density at radius 1 is 1.39 bits per heavy atom. The molecule has 5 nitrogen and oxygen atoms in total. The Kier molecular flexibility index (Phi) is 5.69. The van der Waals surface area contributed by atoms with Crippen molar-refractivity contribution in [2.75, 3.05) is 39.9 Å². The number of aliphatic hydroxyl groups is 1. The van der Waals surface area contributed by atoms with Gasteiger partial charge in [0.15, 0.2) is 0 Å². The first-order chi connectivity index (χ1) is 11.1. The van der Waals surface area contributed by atoms with Gasteiger partial charge in [0.25, 0.3) is 0 Å². The lowest BCUT2D eigenvalue weighted by Gasteiger charge is -2.36. The lowest BCUT2D eigenvalue weighted by atomic mass is 9.89. The van der Waals surface area contributed by atoms with Gasteiger partial charge >= 0.3 is 0 Å². The van der Waals surface area contributed by atoms with Gasteiger partial charge in [-0.05, 0) is 38.8 Å². The van der Waals surface area contributed by atoms with E-state index in [1.807, 2.05) is 0 Å². The van der Waals surface area contributed by atoms with Crippen LogP contribution in [0.3, 0.4) is 0 Å². The molecule has 6 heteroatoms. The van der Waals surface area contributed by atoms with Crippen LogP contribution in [-0.2, 0) is 16.9 Å². The van der Waals surface area contributed by atoms with Gasteiger partial charge in [-0.3, -0.25) is 4.90 Å². The predicted molar refractivity (Wildman–Crippen MR) is 92.7 cm³/mol. The van der Waals surface area contributed by atoms with Gasteiger partial charge in [0, 0.05) is 31.6 Å². The number of methoxy groups -OCH3 is 1. The minimum Gasteiger partial charge on any atom is -0.383 e. The molecule has 2 aliphatic rings. The summed E-state index contributed by atoms with van der Waals surface area (Å²) in [6, 6.07) is 0.517. The third-order valence-electron chi connectivity index (χ3n) is 5.36. The van der Waals surface area contributed by atoms with Crippen molar-refractivity contribution in [3.63, 3.8) is 0 Å². The number of hydrogen-bond donors (Lipinski definition) is 1. The van der Waals surface area contributed by atoms with Crippen LogP contribution in [0.2, 0.25) is 0 Å². The molecule has 0 aromatic carbocycles. The maximum absolute atomic E-state index is 11.0. The fourth-order valence-electron chi connectivity index (χ4n) is 3.75. The van der Waals surface area contributed by atoms with Crippen LogP contribution < -0.4 is 0 Å². The van der Waals surface area contributed by atoms with E-state index >= 15 is 0 Å². The number of nitrogens with zero attached hydrogens (tertiary/aromatic N) is 3. The molecule has 1 atom stereocenters. The Balaban J connectivity index is 1.62. The van der Waals surface area contributed by atoms with E-state index in [2.05, 4.69) is 22.1 Å². The topological polar surface area (TPSA) is 48.8 Å². The smallest absolute Gasteiger partial charge is 0.110 e. The van der Waals surface area contributed by atoms with Gasteiger partial charge in [-0.25, -0.2) is 4.98 Å². The van der Waals surface area contributed by atoms with Gasteiger partial charge < -0.3 is 14.7 Å². The van der Waals surface area contributed by atoms with Gasteiger partial charge in [-0.15, -0.1) is 11.3 Å². The second-order valence-corrected chi connectivity index (χ2v) is 7.76. The second kappa shape index (κ2) is 7.57. The van der Waals surface area contributed by atoms with E-state index in [-0.39, 0.29) is 0 Å². The monoisotopic (exact) mass is 339 g/mol. The zero-order valence-electron chi connectivity index (χ0n) is 14.3. The first-order valence-electron chi connectivity index (χ1n) is 8.77. The van der Waals surface area contributed by atoms with Crippen molar-refractivity contribution < 1.29 is 9.84 Å². The zero-order chi connectivity index (χ0) is 16.3. The molecule has 1 unspecified atom stereocenters. The van der Waals surface area contributed by atoms with Gasteiger partial charge in [0.05, 0.1) is 18.8 Å². The quantitative estimate of drug-likeness (QED) is 0.860. The first-order valence-corrected chi connectivity index (χ1v) is 9.65. The Bertz CT molecular complexity index is 500. The van der Waals surface area contributed by atoms with Crippen molar-refractivity contribution in [3.8, 4) is 0 Å². The molecule has 0 radical (unpaired) electrons. The molecular weight excluding hydrogens is 310 g/mol. The highest BCUT2D eigenvalue weighted by Gasteiger charge is 2.36. The zero-order valence-corrected chi connectivity index (χ0v) is 15.1. The molecule has 0 saturated carbocycles. The Labute approximate surface area is 143 Å². The number of rotatable bonds is 6. The molecular formula is C17H29N3O2S. The Morgan fingerprint density at radius 2 is 2.17 bits per heavy atom. The minimum absolute atomic E-state index is 0.517. The maximum Gasteiger partial charge on any atom is 0.110 e. The standard InChI is InChI=1S/C17H29N3O2S/c1-3-19-9-6-17(21,7-10-19)15-13-23-16(18-15)11-20-8-4-5-14(20)12-22-2/h13-14,21H,3-12H2,1-2H3. The van der Waals surface area contributed by atoms with Crippen LogP contribution in [0.5, 0.6) is 0 Å². The lowest BCUT2D eigenvalue weighted by molar-refractivity contribution is -0.0278. The third-order valence-corrected chi connectivity index (χ3v) is 6.19. The fraction of sp³-hybridized carbons (Fsp3) is 0.824. The lowest BCUT2D eigenvalue weighted by Crippen LogP contribution is -2.42. The van der Waals surface area contributed by atoms with Crippen LogP contribution in [0.25, 0.3) is 0 Å². The Hall–Kier alpha value is -0.530. The molecule has 3 rings (SSSR count). The molecule has 2 aliphatic heterocycles. The molecule has 2 fully saturated rings. The highest BCUT2D eigenvalue weighted by Crippen LogP contribution is 2.34. The van der Waals surface area contributed by atoms with Gasteiger partial charge in [0.2, 0.25) is 0 Å². The summed E-state index contributed by atoms with van der Waals surface area (Å²) in [6.07, 6.45) is 4.03. The van der Waals surface area contributed by atoms with Crippen LogP contribution >= 0.6 is 11.3 Å². The molecule has 23 heavy (non-hydrogen) atoms. The fourth-order valence-corrected chi connectivity index (χ4v) is 4.66. The van der Waals surface area contributed by atoms with Crippen LogP contribution in [-0.4, -0.2) is 65.8 Å². The van der Waals surface area contributed by atoms with Gasteiger partial charge in [-0.1, -0.05) is 6.92 Å². The van der Waals surface area contributed by atoms with E-state index in [0.29, 0.717) is 6.04 Å². The molecule has 1 N–H and O–H groups in total. The van der Waals surface area contributed by atoms with Crippen molar-refractivity contribution in [1.29, 1.82) is 0 Å². The van der Waals surface area contributed by atoms with Crippen molar-refractivity contribution in [1.82, 2.24) is 14.8 Å². The highest BCUT2D eigenvalue weighted by molar-refractivity contribution is 7.09. The van der Waals surface area contributed by atoms with E-state index in [1.54, 1.807) is 18.4 Å². The van der Waals surface area contributed by atoms with Gasteiger partial charge in [0.1, 0.15) is 10.6 Å². The normalized spacial score (nSPS) is 26.0. The summed E-state index contributed by atoms with van der Waals surface area (Å²) in [4.78, 5) is 9.64. The van der Waals surface area contributed by atoms with Crippen molar-refractivity contribution in [2.24, 2.45) is 0 Å². The average Bonchev–Trinajstić information content (AvgIpc) is 3.19. The summed E-state index contributed by atoms with van der Waals surface area (Å²) in [5, 5.41) is 14.1. The molecule has 2 saturated heterocycles. The number of likely N-dealkylation sites (tertiary alicyclic amines) is 2. The second-order valence-electron chi connectivity index (χ2n) is 6.81. The molecule has 0 aliphatic carbocycles. The Morgan fingerprint density at radius 3 is 2.87 bits per heavy atom. The minimum atomic E-state index is -0.725. The maximum atomic E-state index is 11.0. The highest BCUT2D eigenvalue weighted by atomic mass is 32.1. The summed E-state index contributed by atoms with van der Waals surface area (Å²) in [6.45, 7) is 7.97. The molecule has 3 heterocycles. The predicted octanol–water partition coefficient (Wildman–Crippen LogP) is 2.06. The summed E-state index contributed by atoms with van der Waals surface area (Å²) in [5.41, 5.74) is 0.160. The van der Waals surface area contributed by atoms with Crippen molar-refractivity contribution in [2.45, 2.75) is 50.8 Å². The summed E-state index contributed by atoms with van der Waals surface area (Å²) in [5.74, 6) is 0. The molecule has 0 amide bonds. The molecule has 0 spiro atoms. The molecule has 0 bridgehead atoms. The summed E-state index contributed by atoms with van der Waals surface area (Å²) < 4.78 is 5.33. The number of thiazole rings is 1. The van der Waals surface area contributed by atoms with E-state index < -0.39 is 5.60 Å². The molecule has 130 valence electrons.